The predicted molar refractivity (Wildman–Crippen MR) is 124 cm³/mol. The molecule has 2 amide bonds. The molecular weight excluding hydrogens is 453 g/mol. The van der Waals surface area contributed by atoms with E-state index in [1.54, 1.807) is 6.07 Å². The average molecular weight is 476 g/mol. The number of hydrogen-bond donors (Lipinski definition) is 2. The van der Waals surface area contributed by atoms with Gasteiger partial charge in [0, 0.05) is 17.8 Å². The van der Waals surface area contributed by atoms with Crippen molar-refractivity contribution in [1.29, 1.82) is 0 Å². The van der Waals surface area contributed by atoms with Gasteiger partial charge in [0.2, 0.25) is 5.91 Å². The van der Waals surface area contributed by atoms with Crippen molar-refractivity contribution in [3.63, 3.8) is 0 Å². The molecule has 3 aromatic rings. The summed E-state index contributed by atoms with van der Waals surface area (Å²) in [7, 11) is 0. The third-order valence-electron chi connectivity index (χ3n) is 4.61. The molecule has 0 bridgehead atoms. The molecule has 2 N–H and O–H groups in total. The van der Waals surface area contributed by atoms with Crippen LogP contribution in [0.25, 0.3) is 0 Å². The maximum atomic E-state index is 13.5. The van der Waals surface area contributed by atoms with Gasteiger partial charge in [-0.05, 0) is 51.1 Å². The molecule has 1 unspecified atom stereocenters. The minimum absolute atomic E-state index is 0.00967. The van der Waals surface area contributed by atoms with Gasteiger partial charge in [0.15, 0.2) is 11.0 Å². The molecule has 0 aliphatic heterocycles. The molecule has 0 fully saturated rings. The van der Waals surface area contributed by atoms with Gasteiger partial charge >= 0.3 is 0 Å². The van der Waals surface area contributed by atoms with Crippen LogP contribution in [0.4, 0.5) is 10.1 Å². The molecule has 1 aromatic heterocycles. The fourth-order valence-electron chi connectivity index (χ4n) is 3.06. The molecule has 7 nitrogen and oxygen atoms in total. The molecule has 0 saturated carbocycles. The van der Waals surface area contributed by atoms with Crippen LogP contribution in [0.5, 0.6) is 0 Å². The molecule has 168 valence electrons. The van der Waals surface area contributed by atoms with Crippen LogP contribution in [-0.2, 0) is 11.3 Å². The molecular formula is C22H23ClFN5O2S. The number of halogens is 2. The number of amides is 2. The lowest BCUT2D eigenvalue weighted by molar-refractivity contribution is -0.113. The maximum absolute atomic E-state index is 13.5. The molecule has 0 spiro atoms. The molecule has 0 aliphatic rings. The number of carbonyl (C=O) groups is 2. The van der Waals surface area contributed by atoms with Crippen LogP contribution in [0.15, 0.2) is 47.6 Å². The maximum Gasteiger partial charge on any atom is 0.251 e. The van der Waals surface area contributed by atoms with Crippen molar-refractivity contribution in [3.8, 4) is 0 Å². The summed E-state index contributed by atoms with van der Waals surface area (Å²) in [5.74, 6) is -0.461. The van der Waals surface area contributed by atoms with E-state index in [-0.39, 0.29) is 28.6 Å². The zero-order chi connectivity index (χ0) is 23.3. The van der Waals surface area contributed by atoms with Crippen LogP contribution < -0.4 is 10.6 Å². The van der Waals surface area contributed by atoms with E-state index >= 15 is 0 Å². The fourth-order valence-corrected chi connectivity index (χ4v) is 3.98. The highest BCUT2D eigenvalue weighted by molar-refractivity contribution is 7.99. The molecule has 0 radical (unpaired) electrons. The van der Waals surface area contributed by atoms with Crippen molar-refractivity contribution < 1.29 is 14.0 Å². The quantitative estimate of drug-likeness (QED) is 0.464. The average Bonchev–Trinajstić information content (AvgIpc) is 3.18. The second-order valence-corrected chi connectivity index (χ2v) is 8.47. The summed E-state index contributed by atoms with van der Waals surface area (Å²) in [6.45, 7) is 6.26. The molecule has 1 heterocycles. The zero-order valence-corrected chi connectivity index (χ0v) is 19.4. The Labute approximate surface area is 194 Å². The van der Waals surface area contributed by atoms with Gasteiger partial charge in [0.25, 0.3) is 5.91 Å². The lowest BCUT2D eigenvalue weighted by Crippen LogP contribution is -2.28. The third kappa shape index (κ3) is 5.86. The van der Waals surface area contributed by atoms with E-state index in [0.29, 0.717) is 28.8 Å². The molecule has 3 rings (SSSR count). The number of hydrogen-bond acceptors (Lipinski definition) is 5. The summed E-state index contributed by atoms with van der Waals surface area (Å²) in [4.78, 5) is 24.8. The van der Waals surface area contributed by atoms with E-state index < -0.39 is 5.82 Å². The Kier molecular flexibility index (Phi) is 7.87. The van der Waals surface area contributed by atoms with Gasteiger partial charge in [-0.3, -0.25) is 9.59 Å². The number of thioether (sulfide) groups is 1. The van der Waals surface area contributed by atoms with Crippen LogP contribution in [-0.4, -0.2) is 32.3 Å². The van der Waals surface area contributed by atoms with Gasteiger partial charge in [-0.25, -0.2) is 4.39 Å². The van der Waals surface area contributed by atoms with Gasteiger partial charge in [0.1, 0.15) is 5.82 Å². The van der Waals surface area contributed by atoms with E-state index in [9.17, 15) is 14.0 Å². The summed E-state index contributed by atoms with van der Waals surface area (Å²) in [5.41, 5.74) is 1.90. The SMILES string of the molecule is CCn1c(SCC(=O)Nc2ccc(Cl)c(F)c2)nnc1C(C)NC(=O)c1cccc(C)c1. The number of benzene rings is 2. The van der Waals surface area contributed by atoms with Crippen LogP contribution in [0.1, 0.15) is 41.6 Å². The van der Waals surface area contributed by atoms with Crippen molar-refractivity contribution in [2.75, 3.05) is 11.1 Å². The smallest absolute Gasteiger partial charge is 0.251 e. The van der Waals surface area contributed by atoms with Gasteiger partial charge < -0.3 is 15.2 Å². The summed E-state index contributed by atoms with van der Waals surface area (Å²) in [5, 5.41) is 14.5. The van der Waals surface area contributed by atoms with Gasteiger partial charge in [0.05, 0.1) is 16.8 Å². The van der Waals surface area contributed by atoms with Crippen LogP contribution in [0, 0.1) is 12.7 Å². The molecule has 0 saturated heterocycles. The highest BCUT2D eigenvalue weighted by Crippen LogP contribution is 2.22. The number of aromatic nitrogens is 3. The fraction of sp³-hybridized carbons (Fsp3) is 0.273. The predicted octanol–water partition coefficient (Wildman–Crippen LogP) is 4.62. The Balaban J connectivity index is 1.62. The van der Waals surface area contributed by atoms with Crippen molar-refractivity contribution in [3.05, 3.63) is 70.3 Å². The number of carbonyl (C=O) groups excluding carboxylic acids is 2. The summed E-state index contributed by atoms with van der Waals surface area (Å²) in [6.07, 6.45) is 0. The van der Waals surface area contributed by atoms with Crippen LogP contribution >= 0.6 is 23.4 Å². The van der Waals surface area contributed by atoms with Gasteiger partial charge in [-0.1, -0.05) is 41.1 Å². The lowest BCUT2D eigenvalue weighted by Gasteiger charge is -2.15. The van der Waals surface area contributed by atoms with Crippen molar-refractivity contribution >= 4 is 40.9 Å². The van der Waals surface area contributed by atoms with Gasteiger partial charge in [-0.2, -0.15) is 0 Å². The van der Waals surface area contributed by atoms with E-state index in [1.807, 2.05) is 43.5 Å². The van der Waals surface area contributed by atoms with E-state index in [0.717, 1.165) is 11.6 Å². The monoisotopic (exact) mass is 475 g/mol. The Morgan fingerprint density at radius 3 is 2.69 bits per heavy atom. The van der Waals surface area contributed by atoms with Crippen LogP contribution in [0.2, 0.25) is 5.02 Å². The van der Waals surface area contributed by atoms with Crippen LogP contribution in [0.3, 0.4) is 0 Å². The summed E-state index contributed by atoms with van der Waals surface area (Å²) in [6, 6.07) is 11.0. The standard InChI is InChI=1S/C22H23ClFN5O2S/c1-4-29-20(14(3)25-21(31)15-7-5-6-13(2)10-15)27-28-22(29)32-12-19(30)26-16-8-9-17(23)18(24)11-16/h5-11,14H,4,12H2,1-3H3,(H,25,31)(H,26,30). The number of nitrogens with zero attached hydrogens (tertiary/aromatic N) is 3. The minimum atomic E-state index is -0.603. The Bertz CT molecular complexity index is 1140. The first-order valence-corrected chi connectivity index (χ1v) is 11.3. The second-order valence-electron chi connectivity index (χ2n) is 7.12. The van der Waals surface area contributed by atoms with Crippen molar-refractivity contribution in [2.24, 2.45) is 0 Å². The van der Waals surface area contributed by atoms with E-state index in [4.69, 9.17) is 11.6 Å². The molecule has 32 heavy (non-hydrogen) atoms. The number of aryl methyl sites for hydroxylation is 1. The molecule has 2 aromatic carbocycles. The lowest BCUT2D eigenvalue weighted by atomic mass is 10.1. The Hall–Kier alpha value is -2.91. The normalized spacial score (nSPS) is 11.8. The summed E-state index contributed by atoms with van der Waals surface area (Å²) < 4.78 is 15.4. The zero-order valence-electron chi connectivity index (χ0n) is 17.9. The molecule has 1 atom stereocenters. The first kappa shape index (κ1) is 23.7. The Morgan fingerprint density at radius 1 is 1.22 bits per heavy atom. The largest absolute Gasteiger partial charge is 0.342 e. The van der Waals surface area contributed by atoms with Gasteiger partial charge in [-0.15, -0.1) is 10.2 Å². The Morgan fingerprint density at radius 2 is 2.00 bits per heavy atom. The number of anilines is 1. The van der Waals surface area contributed by atoms with Crippen molar-refractivity contribution in [1.82, 2.24) is 20.1 Å². The first-order valence-electron chi connectivity index (χ1n) is 9.96. The highest BCUT2D eigenvalue weighted by Gasteiger charge is 2.20. The minimum Gasteiger partial charge on any atom is -0.342 e. The third-order valence-corrected chi connectivity index (χ3v) is 5.89. The number of nitrogens with one attached hydrogen (secondary N) is 2. The second kappa shape index (κ2) is 10.6. The van der Waals surface area contributed by atoms with E-state index in [2.05, 4.69) is 20.8 Å². The van der Waals surface area contributed by atoms with Crippen molar-refractivity contribution in [2.45, 2.75) is 38.5 Å². The molecule has 0 aliphatic carbocycles. The molecule has 10 heteroatoms. The summed E-state index contributed by atoms with van der Waals surface area (Å²) >= 11 is 6.86. The topological polar surface area (TPSA) is 88.9 Å². The number of rotatable bonds is 8. The first-order chi connectivity index (χ1) is 15.3. The highest BCUT2D eigenvalue weighted by atomic mass is 35.5. The van der Waals surface area contributed by atoms with E-state index in [1.165, 1.54) is 23.9 Å².